The van der Waals surface area contributed by atoms with Crippen LogP contribution in [0.3, 0.4) is 0 Å². The summed E-state index contributed by atoms with van der Waals surface area (Å²) in [6, 6.07) is 8.36. The molecule has 1 N–H and O–H groups in total. The zero-order valence-electron chi connectivity index (χ0n) is 13.5. The molecule has 0 spiro atoms. The van der Waals surface area contributed by atoms with Gasteiger partial charge in [-0.1, -0.05) is 26.0 Å². The number of likely N-dealkylation sites (tertiary alicyclic amines) is 1. The fourth-order valence-corrected chi connectivity index (χ4v) is 4.19. The lowest BCUT2D eigenvalue weighted by molar-refractivity contribution is 0.177. The minimum atomic E-state index is 0.0455. The van der Waals surface area contributed by atoms with Gasteiger partial charge in [-0.2, -0.15) is 0 Å². The van der Waals surface area contributed by atoms with Crippen molar-refractivity contribution in [3.8, 4) is 0 Å². The number of aromatic amines is 1. The molecule has 2 aliphatic rings. The molecular formula is C18H25N3O. The minimum Gasteiger partial charge on any atom is -0.306 e. The Kier molecular flexibility index (Phi) is 3.37. The van der Waals surface area contributed by atoms with E-state index in [-0.39, 0.29) is 5.69 Å². The second-order valence-electron chi connectivity index (χ2n) is 7.23. The minimum absolute atomic E-state index is 0.0455. The molecule has 1 aromatic heterocycles. The molecule has 22 heavy (non-hydrogen) atoms. The number of hydrogen-bond acceptors (Lipinski definition) is 2. The topological polar surface area (TPSA) is 41.0 Å². The Bertz CT molecular complexity index is 715. The molecule has 0 radical (unpaired) electrons. The average Bonchev–Trinajstić information content (AvgIpc) is 2.95. The van der Waals surface area contributed by atoms with Gasteiger partial charge in [0.1, 0.15) is 0 Å². The Labute approximate surface area is 131 Å². The first-order valence-corrected chi connectivity index (χ1v) is 8.57. The number of hydrogen-bond donors (Lipinski definition) is 1. The lowest BCUT2D eigenvalue weighted by Crippen LogP contribution is -2.38. The monoisotopic (exact) mass is 299 g/mol. The van der Waals surface area contributed by atoms with Gasteiger partial charge in [-0.3, -0.25) is 4.57 Å². The molecule has 2 fully saturated rings. The molecule has 1 saturated heterocycles. The molecule has 1 saturated carbocycles. The van der Waals surface area contributed by atoms with Crippen LogP contribution in [0.5, 0.6) is 0 Å². The predicted molar refractivity (Wildman–Crippen MR) is 89.1 cm³/mol. The normalized spacial score (nSPS) is 30.0. The van der Waals surface area contributed by atoms with E-state index in [1.165, 1.54) is 6.54 Å². The van der Waals surface area contributed by atoms with E-state index < -0.39 is 0 Å². The molecule has 118 valence electrons. The van der Waals surface area contributed by atoms with E-state index in [2.05, 4.69) is 23.7 Å². The van der Waals surface area contributed by atoms with Crippen LogP contribution < -0.4 is 5.69 Å². The van der Waals surface area contributed by atoms with Gasteiger partial charge in [0, 0.05) is 25.7 Å². The van der Waals surface area contributed by atoms with Crippen molar-refractivity contribution in [2.75, 3.05) is 19.6 Å². The van der Waals surface area contributed by atoms with Gasteiger partial charge < -0.3 is 9.88 Å². The van der Waals surface area contributed by atoms with Crippen molar-refractivity contribution >= 4 is 11.0 Å². The second kappa shape index (κ2) is 5.27. The number of benzene rings is 1. The van der Waals surface area contributed by atoms with Crippen LogP contribution in [0.25, 0.3) is 11.0 Å². The van der Waals surface area contributed by atoms with Gasteiger partial charge in [-0.15, -0.1) is 0 Å². The molecule has 1 aliphatic carbocycles. The molecule has 1 aromatic carbocycles. The second-order valence-corrected chi connectivity index (χ2v) is 7.23. The highest BCUT2D eigenvalue weighted by molar-refractivity contribution is 5.75. The highest BCUT2D eigenvalue weighted by Gasteiger charge is 2.43. The van der Waals surface area contributed by atoms with Gasteiger partial charge in [0.25, 0.3) is 0 Å². The third-order valence-corrected chi connectivity index (χ3v) is 6.05. The number of aromatic nitrogens is 2. The standard InChI is InChI=1S/C18H25N3O/c1-12-13(2)15(12)11-20-9-7-14(8-10-20)21-17-6-4-3-5-16(17)19-18(21)22/h3-6,12-15H,7-11H2,1-2H3,(H,19,22)/t12-,13-/m1/s1. The predicted octanol–water partition coefficient (Wildman–Crippen LogP) is 2.87. The summed E-state index contributed by atoms with van der Waals surface area (Å²) >= 11 is 0. The van der Waals surface area contributed by atoms with Crippen LogP contribution in [-0.4, -0.2) is 34.1 Å². The number of fused-ring (bicyclic) bond motifs is 1. The average molecular weight is 299 g/mol. The lowest BCUT2D eigenvalue weighted by Gasteiger charge is -2.32. The van der Waals surface area contributed by atoms with Crippen LogP contribution in [0.2, 0.25) is 0 Å². The van der Waals surface area contributed by atoms with Gasteiger partial charge in [0.15, 0.2) is 0 Å². The van der Waals surface area contributed by atoms with E-state index in [0.29, 0.717) is 6.04 Å². The Morgan fingerprint density at radius 1 is 1.14 bits per heavy atom. The number of piperidine rings is 1. The molecule has 0 unspecified atom stereocenters. The number of imidazole rings is 1. The molecule has 2 heterocycles. The molecule has 2 aromatic rings. The van der Waals surface area contributed by atoms with Gasteiger partial charge >= 0.3 is 5.69 Å². The van der Waals surface area contributed by atoms with Crippen molar-refractivity contribution in [1.82, 2.24) is 14.5 Å². The quantitative estimate of drug-likeness (QED) is 0.947. The van der Waals surface area contributed by atoms with E-state index >= 15 is 0 Å². The molecule has 0 bridgehead atoms. The summed E-state index contributed by atoms with van der Waals surface area (Å²) in [5, 5.41) is 0. The first kappa shape index (κ1) is 14.1. The fraction of sp³-hybridized carbons (Fsp3) is 0.611. The Morgan fingerprint density at radius 2 is 1.82 bits per heavy atom. The van der Waals surface area contributed by atoms with Gasteiger partial charge in [0.05, 0.1) is 11.0 Å². The molecule has 4 heteroatoms. The van der Waals surface area contributed by atoms with Crippen LogP contribution >= 0.6 is 0 Å². The van der Waals surface area contributed by atoms with Crippen molar-refractivity contribution in [2.24, 2.45) is 17.8 Å². The van der Waals surface area contributed by atoms with E-state index in [1.54, 1.807) is 0 Å². The molecule has 2 atom stereocenters. The van der Waals surface area contributed by atoms with E-state index in [0.717, 1.165) is 54.7 Å². The molecule has 0 amide bonds. The van der Waals surface area contributed by atoms with Gasteiger partial charge in [0.2, 0.25) is 0 Å². The zero-order chi connectivity index (χ0) is 15.3. The number of H-pyrrole nitrogens is 1. The van der Waals surface area contributed by atoms with E-state index in [1.807, 2.05) is 28.8 Å². The van der Waals surface area contributed by atoms with Crippen molar-refractivity contribution in [1.29, 1.82) is 0 Å². The highest BCUT2D eigenvalue weighted by Crippen LogP contribution is 2.46. The van der Waals surface area contributed by atoms with Crippen LogP contribution in [0.1, 0.15) is 32.7 Å². The third kappa shape index (κ3) is 2.30. The summed E-state index contributed by atoms with van der Waals surface area (Å²) in [6.45, 7) is 8.22. The van der Waals surface area contributed by atoms with Crippen molar-refractivity contribution in [3.63, 3.8) is 0 Å². The fourth-order valence-electron chi connectivity index (χ4n) is 4.19. The molecular weight excluding hydrogens is 274 g/mol. The molecule has 1 aliphatic heterocycles. The SMILES string of the molecule is C[C@H]1C(CN2CCC(n3c(=O)[nH]c4ccccc43)CC2)[C@@H]1C. The molecule has 4 nitrogen and oxygen atoms in total. The number of rotatable bonds is 3. The summed E-state index contributed by atoms with van der Waals surface area (Å²) < 4.78 is 1.98. The summed E-state index contributed by atoms with van der Waals surface area (Å²) in [7, 11) is 0. The first-order chi connectivity index (χ1) is 10.6. The van der Waals surface area contributed by atoms with Crippen molar-refractivity contribution < 1.29 is 0 Å². The summed E-state index contributed by atoms with van der Waals surface area (Å²) in [5.74, 6) is 2.69. The first-order valence-electron chi connectivity index (χ1n) is 8.57. The van der Waals surface area contributed by atoms with Crippen molar-refractivity contribution in [3.05, 3.63) is 34.7 Å². The van der Waals surface area contributed by atoms with E-state index in [9.17, 15) is 4.79 Å². The molecule has 4 rings (SSSR count). The van der Waals surface area contributed by atoms with Crippen LogP contribution in [-0.2, 0) is 0 Å². The summed E-state index contributed by atoms with van der Waals surface area (Å²) in [5.41, 5.74) is 2.05. The van der Waals surface area contributed by atoms with Crippen molar-refractivity contribution in [2.45, 2.75) is 32.7 Å². The van der Waals surface area contributed by atoms with Crippen LogP contribution in [0, 0.1) is 17.8 Å². The maximum Gasteiger partial charge on any atom is 0.326 e. The summed E-state index contributed by atoms with van der Waals surface area (Å²) in [4.78, 5) is 17.9. The Balaban J connectivity index is 1.47. The largest absolute Gasteiger partial charge is 0.326 e. The lowest BCUT2D eigenvalue weighted by atomic mass is 10.0. The number of nitrogens with one attached hydrogen (secondary N) is 1. The van der Waals surface area contributed by atoms with Gasteiger partial charge in [-0.05, 0) is 42.7 Å². The smallest absolute Gasteiger partial charge is 0.306 e. The number of para-hydroxylation sites is 2. The van der Waals surface area contributed by atoms with Crippen LogP contribution in [0.4, 0.5) is 0 Å². The maximum absolute atomic E-state index is 12.3. The Hall–Kier alpha value is -1.55. The maximum atomic E-state index is 12.3. The third-order valence-electron chi connectivity index (χ3n) is 6.05. The van der Waals surface area contributed by atoms with Gasteiger partial charge in [-0.25, -0.2) is 4.79 Å². The Morgan fingerprint density at radius 3 is 2.50 bits per heavy atom. The van der Waals surface area contributed by atoms with Crippen LogP contribution in [0.15, 0.2) is 29.1 Å². The number of nitrogens with zero attached hydrogens (tertiary/aromatic N) is 2. The zero-order valence-corrected chi connectivity index (χ0v) is 13.5. The summed E-state index contributed by atoms with van der Waals surface area (Å²) in [6.07, 6.45) is 2.16. The van der Waals surface area contributed by atoms with E-state index in [4.69, 9.17) is 0 Å². The highest BCUT2D eigenvalue weighted by atomic mass is 16.1.